The Balaban J connectivity index is 0.738. The molecular formula is C85H57N. The summed E-state index contributed by atoms with van der Waals surface area (Å²) in [5.41, 5.74) is 25.7. The van der Waals surface area contributed by atoms with Gasteiger partial charge in [-0.15, -0.1) is 0 Å². The molecular weight excluding hydrogens is 1030 g/mol. The van der Waals surface area contributed by atoms with Crippen molar-refractivity contribution in [1.29, 1.82) is 0 Å². The fraction of sp³-hybridized carbons (Fsp3) is 0.0353. The number of rotatable bonds is 8. The predicted molar refractivity (Wildman–Crippen MR) is 366 cm³/mol. The molecule has 1 aromatic heterocycles. The van der Waals surface area contributed by atoms with Gasteiger partial charge in [0.05, 0.1) is 11.0 Å². The number of benzene rings is 15. The summed E-state index contributed by atoms with van der Waals surface area (Å²) in [7, 11) is 0. The number of hydrogen-bond donors (Lipinski definition) is 0. The van der Waals surface area contributed by atoms with Crippen LogP contribution >= 0.6 is 0 Å². The Morgan fingerprint density at radius 3 is 1.09 bits per heavy atom. The Morgan fingerprint density at radius 2 is 0.581 bits per heavy atom. The van der Waals surface area contributed by atoms with Crippen LogP contribution in [0.4, 0.5) is 0 Å². The van der Waals surface area contributed by atoms with E-state index in [1.165, 1.54) is 165 Å². The van der Waals surface area contributed by atoms with E-state index in [4.69, 9.17) is 0 Å². The maximum absolute atomic E-state index is 2.50. The summed E-state index contributed by atoms with van der Waals surface area (Å²) in [6.45, 7) is 4.82. The Kier molecular flexibility index (Phi) is 11.3. The lowest BCUT2D eigenvalue weighted by atomic mass is 9.81. The third-order valence-electron chi connectivity index (χ3n) is 18.8. The van der Waals surface area contributed by atoms with Crippen LogP contribution in [0, 0.1) is 0 Å². The fourth-order valence-corrected chi connectivity index (χ4v) is 14.3. The van der Waals surface area contributed by atoms with E-state index in [0.717, 1.165) is 5.69 Å². The van der Waals surface area contributed by atoms with E-state index < -0.39 is 0 Å². The van der Waals surface area contributed by atoms with Gasteiger partial charge in [0.15, 0.2) is 0 Å². The molecule has 0 fully saturated rings. The normalized spacial score (nSPS) is 12.6. The average molecular weight is 1090 g/mol. The Bertz CT molecular complexity index is 5150. The molecule has 1 heteroatoms. The molecule has 0 unspecified atom stereocenters. The number of fused-ring (bicyclic) bond motifs is 11. The van der Waals surface area contributed by atoms with Gasteiger partial charge >= 0.3 is 0 Å². The number of nitrogens with zero attached hydrogens (tertiary/aromatic N) is 1. The van der Waals surface area contributed by atoms with Crippen LogP contribution in [0.2, 0.25) is 0 Å². The van der Waals surface area contributed by atoms with Crippen LogP contribution in [0.5, 0.6) is 0 Å². The van der Waals surface area contributed by atoms with Crippen LogP contribution < -0.4 is 0 Å². The van der Waals surface area contributed by atoms with Crippen LogP contribution in [-0.4, -0.2) is 4.57 Å². The standard InChI is InChI=1S/C85H57N/c1-85(2)81-52-67(78-51-66-15-5-8-20-73(66)74-21-9-10-22-75(74)78)41-45-76(81)77-46-44-68(53-82(77)85)86-83-47-42-64(58-29-25-54(26-30-58)56-33-37-62(38-34-56)71-23-11-16-60-13-3-6-18-69(60)71)49-79(83)80-50-65(43-48-84(80)86)59-31-27-55(28-32-59)57-35-39-63(40-36-57)72-24-12-17-61-14-4-7-19-70(61)72/h3-53H,1-2H3. The second kappa shape index (κ2) is 19.6. The van der Waals surface area contributed by atoms with Gasteiger partial charge in [0.2, 0.25) is 0 Å². The first-order chi connectivity index (χ1) is 42.4. The Morgan fingerprint density at radius 1 is 0.209 bits per heavy atom. The van der Waals surface area contributed by atoms with E-state index in [9.17, 15) is 0 Å². The lowest BCUT2D eigenvalue weighted by Crippen LogP contribution is -2.15. The highest BCUT2D eigenvalue weighted by Gasteiger charge is 2.36. The van der Waals surface area contributed by atoms with Gasteiger partial charge in [-0.25, -0.2) is 0 Å². The molecule has 0 radical (unpaired) electrons. The van der Waals surface area contributed by atoms with E-state index in [0.29, 0.717) is 0 Å². The molecule has 0 bridgehead atoms. The second-order valence-corrected chi connectivity index (χ2v) is 24.0. The molecule has 0 aliphatic heterocycles. The van der Waals surface area contributed by atoms with Crippen molar-refractivity contribution in [3.05, 3.63) is 321 Å². The molecule has 16 aromatic rings. The topological polar surface area (TPSA) is 4.93 Å². The van der Waals surface area contributed by atoms with Crippen LogP contribution in [0.15, 0.2) is 309 Å². The highest BCUT2D eigenvalue weighted by molar-refractivity contribution is 6.15. The summed E-state index contributed by atoms with van der Waals surface area (Å²) in [4.78, 5) is 0. The van der Waals surface area contributed by atoms with Crippen molar-refractivity contribution in [3.63, 3.8) is 0 Å². The minimum Gasteiger partial charge on any atom is -0.309 e. The maximum atomic E-state index is 2.50. The molecule has 1 nitrogen and oxygen atoms in total. The van der Waals surface area contributed by atoms with Crippen molar-refractivity contribution in [2.45, 2.75) is 19.3 Å². The zero-order valence-corrected chi connectivity index (χ0v) is 47.9. The molecule has 1 aliphatic rings. The maximum Gasteiger partial charge on any atom is 0.0541 e. The van der Waals surface area contributed by atoms with Gasteiger partial charge in [-0.05, 0) is 192 Å². The zero-order chi connectivity index (χ0) is 57.0. The van der Waals surface area contributed by atoms with Crippen LogP contribution in [0.25, 0.3) is 160 Å². The molecule has 86 heavy (non-hydrogen) atoms. The summed E-state index contributed by atoms with van der Waals surface area (Å²) in [6, 6.07) is 115. The average Bonchev–Trinajstić information content (AvgIpc) is 1.80. The van der Waals surface area contributed by atoms with Crippen molar-refractivity contribution < 1.29 is 0 Å². The smallest absolute Gasteiger partial charge is 0.0541 e. The van der Waals surface area contributed by atoms with E-state index in [1.807, 2.05) is 0 Å². The van der Waals surface area contributed by atoms with Crippen LogP contribution in [-0.2, 0) is 5.41 Å². The fourth-order valence-electron chi connectivity index (χ4n) is 14.3. The Hall–Kier alpha value is -10.9. The first kappa shape index (κ1) is 49.7. The molecule has 1 heterocycles. The van der Waals surface area contributed by atoms with Gasteiger partial charge in [0.1, 0.15) is 0 Å². The van der Waals surface area contributed by atoms with Crippen LogP contribution in [0.1, 0.15) is 25.0 Å². The van der Waals surface area contributed by atoms with Crippen molar-refractivity contribution in [1.82, 2.24) is 4.57 Å². The van der Waals surface area contributed by atoms with Crippen LogP contribution in [0.3, 0.4) is 0 Å². The number of aromatic nitrogens is 1. The molecule has 402 valence electrons. The summed E-state index contributed by atoms with van der Waals surface area (Å²) < 4.78 is 2.50. The summed E-state index contributed by atoms with van der Waals surface area (Å²) >= 11 is 0. The molecule has 0 amide bonds. The van der Waals surface area contributed by atoms with Crippen molar-refractivity contribution in [2.24, 2.45) is 0 Å². The van der Waals surface area contributed by atoms with Gasteiger partial charge in [0.25, 0.3) is 0 Å². The zero-order valence-electron chi connectivity index (χ0n) is 47.9. The van der Waals surface area contributed by atoms with E-state index >= 15 is 0 Å². The lowest BCUT2D eigenvalue weighted by molar-refractivity contribution is 0.660. The molecule has 0 N–H and O–H groups in total. The molecule has 17 rings (SSSR count). The molecule has 0 atom stereocenters. The molecule has 0 saturated heterocycles. The van der Waals surface area contributed by atoms with Gasteiger partial charge in [0, 0.05) is 21.9 Å². The quantitative estimate of drug-likeness (QED) is 0.134. The van der Waals surface area contributed by atoms with E-state index in [-0.39, 0.29) is 5.41 Å². The van der Waals surface area contributed by atoms with Gasteiger partial charge in [-0.2, -0.15) is 0 Å². The highest BCUT2D eigenvalue weighted by atomic mass is 15.0. The molecule has 0 saturated carbocycles. The predicted octanol–water partition coefficient (Wildman–Crippen LogP) is 23.4. The van der Waals surface area contributed by atoms with Crippen molar-refractivity contribution in [3.8, 4) is 94.7 Å². The molecule has 1 aliphatic carbocycles. The van der Waals surface area contributed by atoms with Gasteiger partial charge in [-0.3, -0.25) is 0 Å². The first-order valence-electron chi connectivity index (χ1n) is 30.0. The molecule has 15 aromatic carbocycles. The largest absolute Gasteiger partial charge is 0.309 e. The second-order valence-electron chi connectivity index (χ2n) is 24.0. The Labute approximate surface area is 501 Å². The van der Waals surface area contributed by atoms with Crippen molar-refractivity contribution in [2.75, 3.05) is 0 Å². The van der Waals surface area contributed by atoms with E-state index in [1.54, 1.807) is 0 Å². The first-order valence-corrected chi connectivity index (χ1v) is 30.0. The minimum atomic E-state index is -0.238. The summed E-state index contributed by atoms with van der Waals surface area (Å²) in [5, 5.41) is 12.7. The summed E-state index contributed by atoms with van der Waals surface area (Å²) in [5.74, 6) is 0. The number of hydrogen-bond acceptors (Lipinski definition) is 0. The minimum absolute atomic E-state index is 0.238. The lowest BCUT2D eigenvalue weighted by Gasteiger charge is -2.23. The highest BCUT2D eigenvalue weighted by Crippen LogP contribution is 2.52. The third-order valence-corrected chi connectivity index (χ3v) is 18.8. The third kappa shape index (κ3) is 8.07. The van der Waals surface area contributed by atoms with E-state index in [2.05, 4.69) is 328 Å². The SMILES string of the molecule is CC1(C)c2cc(-c3cc4ccccc4c4ccccc34)ccc2-c2ccc(-n3c4ccc(-c5ccc(-c6ccc(-c7cccc8ccccc78)cc6)cc5)cc4c4cc(-c5ccc(-c6ccc(-c7cccc8ccccc78)cc6)cc5)ccc43)cc21. The molecule has 0 spiro atoms. The van der Waals surface area contributed by atoms with Crippen molar-refractivity contribution >= 4 is 64.9 Å². The monoisotopic (exact) mass is 1090 g/mol. The van der Waals surface area contributed by atoms with Gasteiger partial charge in [-0.1, -0.05) is 275 Å². The summed E-state index contributed by atoms with van der Waals surface area (Å²) in [6.07, 6.45) is 0. The van der Waals surface area contributed by atoms with Gasteiger partial charge < -0.3 is 4.57 Å².